The number of amides is 1. The molecule has 3 nitrogen and oxygen atoms in total. The van der Waals surface area contributed by atoms with Gasteiger partial charge in [0.15, 0.2) is 0 Å². The van der Waals surface area contributed by atoms with Gasteiger partial charge in [-0.25, -0.2) is 0 Å². The summed E-state index contributed by atoms with van der Waals surface area (Å²) in [5, 5.41) is 0. The Kier molecular flexibility index (Phi) is 4.59. The molecule has 0 aliphatic carbocycles. The number of hydrogen-bond acceptors (Lipinski definition) is 2. The third-order valence-corrected chi connectivity index (χ3v) is 4.09. The summed E-state index contributed by atoms with van der Waals surface area (Å²) in [4.78, 5) is 14.9. The van der Waals surface area contributed by atoms with Crippen molar-refractivity contribution >= 4 is 5.91 Å². The molecule has 19 heavy (non-hydrogen) atoms. The predicted octanol–water partition coefficient (Wildman–Crippen LogP) is 2.59. The molecule has 1 aliphatic rings. The van der Waals surface area contributed by atoms with E-state index in [0.717, 1.165) is 30.4 Å². The van der Waals surface area contributed by atoms with E-state index >= 15 is 0 Å². The number of likely N-dealkylation sites (tertiary alicyclic amines) is 1. The summed E-state index contributed by atoms with van der Waals surface area (Å²) < 4.78 is 0. The van der Waals surface area contributed by atoms with Gasteiger partial charge in [-0.1, -0.05) is 18.2 Å². The Bertz CT molecular complexity index is 434. The van der Waals surface area contributed by atoms with Crippen molar-refractivity contribution < 1.29 is 4.79 Å². The molecule has 1 saturated heterocycles. The predicted molar refractivity (Wildman–Crippen MR) is 78.1 cm³/mol. The Morgan fingerprint density at radius 1 is 1.26 bits per heavy atom. The highest BCUT2D eigenvalue weighted by Gasteiger charge is 2.30. The van der Waals surface area contributed by atoms with Crippen LogP contribution in [0.3, 0.4) is 0 Å². The van der Waals surface area contributed by atoms with Crippen molar-refractivity contribution in [2.45, 2.75) is 51.6 Å². The number of hydrogen-bond donors (Lipinski definition) is 1. The first-order valence-corrected chi connectivity index (χ1v) is 7.25. The number of carbonyl (C=O) groups excluding carboxylic acids is 1. The molecular weight excluding hydrogens is 236 g/mol. The fraction of sp³-hybridized carbons (Fsp3) is 0.562. The number of nitrogens with two attached hydrogens (primary N) is 1. The van der Waals surface area contributed by atoms with Gasteiger partial charge < -0.3 is 10.6 Å². The summed E-state index contributed by atoms with van der Waals surface area (Å²) in [6, 6.07) is 8.53. The van der Waals surface area contributed by atoms with E-state index in [1.165, 1.54) is 6.42 Å². The van der Waals surface area contributed by atoms with Crippen molar-refractivity contribution in [3.05, 3.63) is 35.4 Å². The van der Waals surface area contributed by atoms with E-state index in [0.29, 0.717) is 18.6 Å². The van der Waals surface area contributed by atoms with Gasteiger partial charge in [0.25, 0.3) is 5.91 Å². The number of benzene rings is 1. The van der Waals surface area contributed by atoms with Crippen molar-refractivity contribution in [3.63, 3.8) is 0 Å². The van der Waals surface area contributed by atoms with Gasteiger partial charge in [0.1, 0.15) is 0 Å². The molecule has 1 aromatic rings. The van der Waals surface area contributed by atoms with E-state index < -0.39 is 0 Å². The minimum Gasteiger partial charge on any atom is -0.333 e. The molecule has 0 radical (unpaired) electrons. The van der Waals surface area contributed by atoms with E-state index in [-0.39, 0.29) is 5.91 Å². The van der Waals surface area contributed by atoms with Crippen LogP contribution in [0.1, 0.15) is 49.0 Å². The third kappa shape index (κ3) is 2.98. The summed E-state index contributed by atoms with van der Waals surface area (Å²) in [5.74, 6) is 0.170. The molecule has 0 bridgehead atoms. The first-order chi connectivity index (χ1) is 9.15. The summed E-state index contributed by atoms with van der Waals surface area (Å²) in [5.41, 5.74) is 7.53. The molecule has 1 heterocycles. The number of nitrogens with zero attached hydrogens (tertiary/aromatic N) is 1. The Morgan fingerprint density at radius 3 is 2.53 bits per heavy atom. The normalized spacial score (nSPS) is 23.4. The lowest BCUT2D eigenvalue weighted by Crippen LogP contribution is -2.47. The molecule has 2 rings (SSSR count). The van der Waals surface area contributed by atoms with Gasteiger partial charge in [-0.2, -0.15) is 0 Å². The summed E-state index contributed by atoms with van der Waals surface area (Å²) in [7, 11) is 0. The molecular formula is C16H24N2O. The fourth-order valence-electron chi connectivity index (χ4n) is 3.06. The van der Waals surface area contributed by atoms with Crippen molar-refractivity contribution in [1.82, 2.24) is 4.90 Å². The van der Waals surface area contributed by atoms with Crippen LogP contribution in [0, 0.1) is 0 Å². The lowest BCUT2D eigenvalue weighted by atomic mass is 9.95. The average molecular weight is 260 g/mol. The molecule has 1 aliphatic heterocycles. The maximum atomic E-state index is 12.8. The summed E-state index contributed by atoms with van der Waals surface area (Å²) >= 11 is 0. The minimum absolute atomic E-state index is 0.170. The van der Waals surface area contributed by atoms with Crippen LogP contribution in [0.5, 0.6) is 0 Å². The molecule has 0 spiro atoms. The second kappa shape index (κ2) is 6.20. The first-order valence-electron chi connectivity index (χ1n) is 7.25. The lowest BCUT2D eigenvalue weighted by molar-refractivity contribution is 0.0509. The first kappa shape index (κ1) is 14.1. The second-order valence-electron chi connectivity index (χ2n) is 5.54. The molecule has 1 fully saturated rings. The van der Waals surface area contributed by atoms with Crippen LogP contribution in [0.4, 0.5) is 0 Å². The van der Waals surface area contributed by atoms with E-state index in [2.05, 4.69) is 18.7 Å². The van der Waals surface area contributed by atoms with Gasteiger partial charge in [-0.15, -0.1) is 0 Å². The van der Waals surface area contributed by atoms with Gasteiger partial charge in [-0.3, -0.25) is 4.79 Å². The largest absolute Gasteiger partial charge is 0.333 e. The minimum atomic E-state index is 0.170. The van der Waals surface area contributed by atoms with Gasteiger partial charge in [0, 0.05) is 17.6 Å². The van der Waals surface area contributed by atoms with Crippen molar-refractivity contribution in [3.8, 4) is 0 Å². The Morgan fingerprint density at radius 2 is 1.89 bits per heavy atom. The van der Waals surface area contributed by atoms with Crippen LogP contribution in [0.25, 0.3) is 0 Å². The summed E-state index contributed by atoms with van der Waals surface area (Å²) in [6.45, 7) is 4.88. The van der Waals surface area contributed by atoms with Crippen molar-refractivity contribution in [1.29, 1.82) is 0 Å². The highest BCUT2D eigenvalue weighted by molar-refractivity contribution is 5.96. The molecule has 1 amide bonds. The monoisotopic (exact) mass is 260 g/mol. The zero-order chi connectivity index (χ0) is 13.8. The van der Waals surface area contributed by atoms with Gasteiger partial charge in [0.05, 0.1) is 0 Å². The molecule has 1 aromatic carbocycles. The van der Waals surface area contributed by atoms with Crippen LogP contribution < -0.4 is 5.73 Å². The maximum absolute atomic E-state index is 12.8. The maximum Gasteiger partial charge on any atom is 0.254 e. The van der Waals surface area contributed by atoms with Gasteiger partial charge in [-0.05, 0) is 57.7 Å². The molecule has 2 N–H and O–H groups in total. The van der Waals surface area contributed by atoms with Gasteiger partial charge in [0.2, 0.25) is 0 Å². The zero-order valence-electron chi connectivity index (χ0n) is 11.9. The standard InChI is InChI=1S/C16H24N2O/c1-12-6-5-7-13(2)18(12)16(19)15-9-4-3-8-14(15)10-11-17/h3-4,8-9,12-13H,5-7,10-11,17H2,1-2H3/t12-,13+. The fourth-order valence-corrected chi connectivity index (χ4v) is 3.06. The van der Waals surface area contributed by atoms with Crippen LogP contribution in [-0.4, -0.2) is 29.4 Å². The second-order valence-corrected chi connectivity index (χ2v) is 5.54. The van der Waals surface area contributed by atoms with Crippen LogP contribution >= 0.6 is 0 Å². The highest BCUT2D eigenvalue weighted by atomic mass is 16.2. The van der Waals surface area contributed by atoms with Gasteiger partial charge >= 0.3 is 0 Å². The van der Waals surface area contributed by atoms with E-state index in [9.17, 15) is 4.79 Å². The third-order valence-electron chi connectivity index (χ3n) is 4.09. The Hall–Kier alpha value is -1.35. The van der Waals surface area contributed by atoms with Crippen molar-refractivity contribution in [2.24, 2.45) is 5.73 Å². The number of piperidine rings is 1. The van der Waals surface area contributed by atoms with Crippen molar-refractivity contribution in [2.75, 3.05) is 6.54 Å². The smallest absolute Gasteiger partial charge is 0.254 e. The lowest BCUT2D eigenvalue weighted by Gasteiger charge is -2.39. The Labute approximate surface area is 115 Å². The zero-order valence-corrected chi connectivity index (χ0v) is 11.9. The van der Waals surface area contributed by atoms with E-state index in [1.807, 2.05) is 24.3 Å². The average Bonchev–Trinajstić information content (AvgIpc) is 2.39. The molecule has 0 unspecified atom stereocenters. The number of carbonyl (C=O) groups is 1. The number of rotatable bonds is 3. The summed E-state index contributed by atoms with van der Waals surface area (Å²) in [6.07, 6.45) is 4.19. The van der Waals surface area contributed by atoms with Crippen LogP contribution in [0.2, 0.25) is 0 Å². The van der Waals surface area contributed by atoms with E-state index in [4.69, 9.17) is 5.73 Å². The quantitative estimate of drug-likeness (QED) is 0.908. The van der Waals surface area contributed by atoms with Crippen LogP contribution in [-0.2, 0) is 6.42 Å². The molecule has 2 atom stereocenters. The molecule has 0 aromatic heterocycles. The highest BCUT2D eigenvalue weighted by Crippen LogP contribution is 2.25. The SMILES string of the molecule is C[C@@H]1CCC[C@H](C)N1C(=O)c1ccccc1CCN. The molecule has 104 valence electrons. The van der Waals surface area contributed by atoms with E-state index in [1.54, 1.807) is 0 Å². The Balaban J connectivity index is 2.27. The topological polar surface area (TPSA) is 46.3 Å². The molecule has 0 saturated carbocycles. The molecule has 3 heteroatoms. The van der Waals surface area contributed by atoms with Crippen LogP contribution in [0.15, 0.2) is 24.3 Å².